The Morgan fingerprint density at radius 1 is 1.80 bits per heavy atom. The van der Waals surface area contributed by atoms with Crippen LogP contribution in [0.1, 0.15) is 5.69 Å². The number of nitrogens with two attached hydrogens (primary N) is 1. The van der Waals surface area contributed by atoms with Gasteiger partial charge in [-0.3, -0.25) is 9.48 Å². The van der Waals surface area contributed by atoms with Crippen molar-refractivity contribution < 1.29 is 9.90 Å². The van der Waals surface area contributed by atoms with E-state index in [-0.39, 0.29) is 0 Å². The number of aromatic nitrogens is 2. The van der Waals surface area contributed by atoms with Crippen LogP contribution in [0.25, 0.3) is 0 Å². The molecule has 0 aliphatic carbocycles. The van der Waals surface area contributed by atoms with Crippen molar-refractivity contribution in [3.05, 3.63) is 18.0 Å². The van der Waals surface area contributed by atoms with Gasteiger partial charge in [-0.15, -0.1) is 0 Å². The van der Waals surface area contributed by atoms with E-state index in [0.29, 0.717) is 5.75 Å². The van der Waals surface area contributed by atoms with Gasteiger partial charge in [0.15, 0.2) is 0 Å². The van der Waals surface area contributed by atoms with Gasteiger partial charge in [0, 0.05) is 24.7 Å². The third-order valence-corrected chi connectivity index (χ3v) is 3.13. The molecular formula is C9H15N3O2S. The lowest BCUT2D eigenvalue weighted by molar-refractivity contribution is -0.137. The summed E-state index contributed by atoms with van der Waals surface area (Å²) in [4.78, 5) is 10.4. The molecule has 0 aliphatic heterocycles. The summed E-state index contributed by atoms with van der Waals surface area (Å²) in [5.41, 5.74) is 6.51. The van der Waals surface area contributed by atoms with Crippen molar-refractivity contribution in [3.8, 4) is 0 Å². The first-order valence-electron chi connectivity index (χ1n) is 4.64. The molecule has 1 rings (SSSR count). The molecule has 84 valence electrons. The second kappa shape index (κ2) is 5.77. The molecule has 0 spiro atoms. The first-order chi connectivity index (χ1) is 7.11. The maximum atomic E-state index is 10.4. The minimum atomic E-state index is -0.942. The van der Waals surface area contributed by atoms with E-state index in [9.17, 15) is 4.79 Å². The Hall–Kier alpha value is -1.01. The van der Waals surface area contributed by atoms with Gasteiger partial charge in [-0.1, -0.05) is 0 Å². The molecule has 0 aliphatic rings. The Morgan fingerprint density at radius 2 is 2.53 bits per heavy atom. The lowest BCUT2D eigenvalue weighted by Crippen LogP contribution is -2.32. The molecule has 5 nitrogen and oxygen atoms in total. The number of rotatable bonds is 6. The average Bonchev–Trinajstić information content (AvgIpc) is 2.58. The molecule has 3 N–H and O–H groups in total. The largest absolute Gasteiger partial charge is 0.480 e. The van der Waals surface area contributed by atoms with Crippen LogP contribution in [0, 0.1) is 0 Å². The van der Waals surface area contributed by atoms with Crippen molar-refractivity contribution in [1.82, 2.24) is 9.78 Å². The summed E-state index contributed by atoms with van der Waals surface area (Å²) < 4.78 is 1.82. The first kappa shape index (κ1) is 12.1. The number of thioether (sulfide) groups is 1. The second-order valence-corrected chi connectivity index (χ2v) is 4.37. The van der Waals surface area contributed by atoms with E-state index < -0.39 is 12.0 Å². The molecule has 15 heavy (non-hydrogen) atoms. The van der Waals surface area contributed by atoms with Gasteiger partial charge in [0.25, 0.3) is 0 Å². The SMILES string of the molecule is Cn1nccc1CCSC[C@@H](N)C(=O)O. The topological polar surface area (TPSA) is 81.1 Å². The van der Waals surface area contributed by atoms with Gasteiger partial charge in [-0.05, 0) is 18.2 Å². The van der Waals surface area contributed by atoms with Crippen LogP contribution in [-0.4, -0.2) is 38.4 Å². The molecule has 1 atom stereocenters. The third-order valence-electron chi connectivity index (χ3n) is 2.04. The predicted octanol–water partition coefficient (Wildman–Crippen LogP) is 0.108. The highest BCUT2D eigenvalue weighted by Gasteiger charge is 2.10. The van der Waals surface area contributed by atoms with E-state index in [0.717, 1.165) is 17.9 Å². The van der Waals surface area contributed by atoms with Crippen LogP contribution >= 0.6 is 11.8 Å². The Bertz CT molecular complexity index is 327. The summed E-state index contributed by atoms with van der Waals surface area (Å²) in [6, 6.07) is 1.19. The van der Waals surface area contributed by atoms with Crippen molar-refractivity contribution in [3.63, 3.8) is 0 Å². The van der Waals surface area contributed by atoms with Crippen LogP contribution in [0.15, 0.2) is 12.3 Å². The van der Waals surface area contributed by atoms with E-state index in [1.165, 1.54) is 0 Å². The molecule has 6 heteroatoms. The van der Waals surface area contributed by atoms with Gasteiger partial charge in [-0.2, -0.15) is 16.9 Å². The number of aliphatic carboxylic acids is 1. The number of carboxylic acid groups (broad SMARTS) is 1. The number of aryl methyl sites for hydroxylation is 2. The second-order valence-electron chi connectivity index (χ2n) is 3.22. The number of hydrogen-bond acceptors (Lipinski definition) is 4. The molecular weight excluding hydrogens is 214 g/mol. The standard InChI is InChI=1S/C9H15N3O2S/c1-12-7(2-4-11-12)3-5-15-6-8(10)9(13)14/h2,4,8H,3,5-6,10H2,1H3,(H,13,14)/t8-/m1/s1. The normalized spacial score (nSPS) is 12.7. The Kier molecular flexibility index (Phi) is 4.64. The quantitative estimate of drug-likeness (QED) is 0.677. The van der Waals surface area contributed by atoms with Crippen molar-refractivity contribution in [1.29, 1.82) is 0 Å². The van der Waals surface area contributed by atoms with E-state index in [1.807, 2.05) is 17.8 Å². The summed E-state index contributed by atoms with van der Waals surface area (Å²) in [6.45, 7) is 0. The van der Waals surface area contributed by atoms with Crippen LogP contribution in [0.2, 0.25) is 0 Å². The fraction of sp³-hybridized carbons (Fsp3) is 0.556. The van der Waals surface area contributed by atoms with Crippen LogP contribution in [0.4, 0.5) is 0 Å². The first-order valence-corrected chi connectivity index (χ1v) is 5.79. The molecule has 0 fully saturated rings. The highest BCUT2D eigenvalue weighted by atomic mass is 32.2. The van der Waals surface area contributed by atoms with Gasteiger partial charge in [0.2, 0.25) is 0 Å². The summed E-state index contributed by atoms with van der Waals surface area (Å²) in [6.07, 6.45) is 2.64. The maximum absolute atomic E-state index is 10.4. The summed E-state index contributed by atoms with van der Waals surface area (Å²) in [5, 5.41) is 12.6. The number of hydrogen-bond donors (Lipinski definition) is 2. The van der Waals surface area contributed by atoms with Gasteiger partial charge < -0.3 is 10.8 Å². The van der Waals surface area contributed by atoms with Crippen molar-refractivity contribution in [2.45, 2.75) is 12.5 Å². The third kappa shape index (κ3) is 3.93. The minimum absolute atomic E-state index is 0.452. The van der Waals surface area contributed by atoms with Gasteiger partial charge >= 0.3 is 5.97 Å². The number of carboxylic acids is 1. The van der Waals surface area contributed by atoms with E-state index >= 15 is 0 Å². The van der Waals surface area contributed by atoms with Crippen LogP contribution in [0.5, 0.6) is 0 Å². The highest BCUT2D eigenvalue weighted by molar-refractivity contribution is 7.99. The van der Waals surface area contributed by atoms with Crippen LogP contribution in [0.3, 0.4) is 0 Å². The molecule has 0 saturated heterocycles. The molecule has 0 unspecified atom stereocenters. The lowest BCUT2D eigenvalue weighted by atomic mass is 10.3. The predicted molar refractivity (Wildman–Crippen MR) is 59.8 cm³/mol. The van der Waals surface area contributed by atoms with Gasteiger partial charge in [0.05, 0.1) is 0 Å². The number of nitrogens with zero attached hydrogens (tertiary/aromatic N) is 2. The van der Waals surface area contributed by atoms with Gasteiger partial charge in [-0.25, -0.2) is 0 Å². The number of carbonyl (C=O) groups is 1. The molecule has 0 radical (unpaired) electrons. The van der Waals surface area contributed by atoms with Crippen LogP contribution in [-0.2, 0) is 18.3 Å². The highest BCUT2D eigenvalue weighted by Crippen LogP contribution is 2.07. The van der Waals surface area contributed by atoms with Crippen molar-refractivity contribution >= 4 is 17.7 Å². The van der Waals surface area contributed by atoms with E-state index in [2.05, 4.69) is 5.10 Å². The zero-order chi connectivity index (χ0) is 11.3. The fourth-order valence-electron chi connectivity index (χ4n) is 1.10. The van der Waals surface area contributed by atoms with E-state index in [1.54, 1.807) is 18.0 Å². The van der Waals surface area contributed by atoms with Crippen LogP contribution < -0.4 is 5.73 Å². The summed E-state index contributed by atoms with van der Waals surface area (Å²) in [7, 11) is 1.89. The Balaban J connectivity index is 2.17. The lowest BCUT2D eigenvalue weighted by Gasteiger charge is -2.05. The summed E-state index contributed by atoms with van der Waals surface area (Å²) in [5.74, 6) is 0.372. The van der Waals surface area contributed by atoms with Gasteiger partial charge in [0.1, 0.15) is 6.04 Å². The summed E-state index contributed by atoms with van der Waals surface area (Å²) >= 11 is 1.55. The monoisotopic (exact) mass is 229 g/mol. The molecule has 1 heterocycles. The average molecular weight is 229 g/mol. The molecule has 0 amide bonds. The molecule has 0 saturated carbocycles. The molecule has 1 aromatic rings. The smallest absolute Gasteiger partial charge is 0.321 e. The molecule has 0 aromatic carbocycles. The molecule has 0 bridgehead atoms. The molecule has 1 aromatic heterocycles. The Morgan fingerprint density at radius 3 is 3.07 bits per heavy atom. The zero-order valence-corrected chi connectivity index (χ0v) is 9.41. The Labute approximate surface area is 92.6 Å². The van der Waals surface area contributed by atoms with Crippen molar-refractivity contribution in [2.24, 2.45) is 12.8 Å². The zero-order valence-electron chi connectivity index (χ0n) is 8.59. The van der Waals surface area contributed by atoms with E-state index in [4.69, 9.17) is 10.8 Å². The minimum Gasteiger partial charge on any atom is -0.480 e. The van der Waals surface area contributed by atoms with Crippen molar-refractivity contribution in [2.75, 3.05) is 11.5 Å². The maximum Gasteiger partial charge on any atom is 0.321 e. The fourth-order valence-corrected chi connectivity index (χ4v) is 2.02.